The molecular formula is C9H4ClF3O2. The third-order valence-electron chi connectivity index (χ3n) is 2.05. The fourth-order valence-corrected chi connectivity index (χ4v) is 1.68. The van der Waals surface area contributed by atoms with Gasteiger partial charge in [-0.25, -0.2) is 0 Å². The zero-order valence-corrected chi connectivity index (χ0v) is 7.95. The lowest BCUT2D eigenvalue weighted by atomic mass is 10.1. The summed E-state index contributed by atoms with van der Waals surface area (Å²) < 4.78 is 42.0. The summed E-state index contributed by atoms with van der Waals surface area (Å²) in [6.07, 6.45) is -4.54. The highest BCUT2D eigenvalue weighted by Gasteiger charge is 2.37. The number of hydrogen-bond donors (Lipinski definition) is 0. The number of rotatable bonds is 0. The Bertz CT molecular complexity index is 440. The Morgan fingerprint density at radius 3 is 2.60 bits per heavy atom. The molecular weight excluding hydrogens is 233 g/mol. The summed E-state index contributed by atoms with van der Waals surface area (Å²) in [6, 6.07) is 1.87. The van der Waals surface area contributed by atoms with Crippen molar-refractivity contribution in [3.63, 3.8) is 0 Å². The summed E-state index contributed by atoms with van der Waals surface area (Å²) in [5, 5.41) is -0.550. The summed E-state index contributed by atoms with van der Waals surface area (Å²) in [4.78, 5) is 11.1. The molecule has 0 saturated carbocycles. The van der Waals surface area contributed by atoms with Crippen LogP contribution in [0, 0.1) is 0 Å². The van der Waals surface area contributed by atoms with Crippen LogP contribution in [0.3, 0.4) is 0 Å². The standard InChI is InChI=1S/C9H4ClF3O2/c10-7-5(9(11,12)13)2-1-4-6(14)3-15-8(4)7/h1-2H,3H2. The highest BCUT2D eigenvalue weighted by molar-refractivity contribution is 6.34. The molecule has 15 heavy (non-hydrogen) atoms. The van der Waals surface area contributed by atoms with Gasteiger partial charge >= 0.3 is 6.18 Å². The second-order valence-electron chi connectivity index (χ2n) is 3.01. The highest BCUT2D eigenvalue weighted by atomic mass is 35.5. The maximum absolute atomic E-state index is 12.4. The Morgan fingerprint density at radius 1 is 1.33 bits per heavy atom. The fraction of sp³-hybridized carbons (Fsp3) is 0.222. The van der Waals surface area contributed by atoms with E-state index >= 15 is 0 Å². The Balaban J connectivity index is 2.61. The zero-order chi connectivity index (χ0) is 11.2. The van der Waals surface area contributed by atoms with Crippen LogP contribution >= 0.6 is 11.6 Å². The number of hydrogen-bond acceptors (Lipinski definition) is 2. The van der Waals surface area contributed by atoms with Crippen molar-refractivity contribution in [1.29, 1.82) is 0 Å². The maximum atomic E-state index is 12.4. The first-order valence-electron chi connectivity index (χ1n) is 3.97. The van der Waals surface area contributed by atoms with E-state index in [0.717, 1.165) is 12.1 Å². The molecule has 0 atom stereocenters. The number of fused-ring (bicyclic) bond motifs is 1. The van der Waals surface area contributed by atoms with Crippen molar-refractivity contribution < 1.29 is 22.7 Å². The van der Waals surface area contributed by atoms with Crippen LogP contribution < -0.4 is 4.74 Å². The van der Waals surface area contributed by atoms with E-state index in [1.165, 1.54) is 0 Å². The Kier molecular flexibility index (Phi) is 2.15. The highest BCUT2D eigenvalue weighted by Crippen LogP contribution is 2.42. The van der Waals surface area contributed by atoms with Gasteiger partial charge in [0.25, 0.3) is 0 Å². The van der Waals surface area contributed by atoms with E-state index < -0.39 is 16.8 Å². The van der Waals surface area contributed by atoms with Gasteiger partial charge < -0.3 is 4.74 Å². The second kappa shape index (κ2) is 3.13. The molecule has 0 unspecified atom stereocenters. The monoisotopic (exact) mass is 236 g/mol. The molecule has 1 aromatic rings. The van der Waals surface area contributed by atoms with Crippen LogP contribution in [0.15, 0.2) is 12.1 Å². The van der Waals surface area contributed by atoms with Crippen LogP contribution in [-0.4, -0.2) is 12.4 Å². The van der Waals surface area contributed by atoms with Crippen molar-refractivity contribution in [2.24, 2.45) is 0 Å². The van der Waals surface area contributed by atoms with Crippen molar-refractivity contribution in [3.05, 3.63) is 28.3 Å². The van der Waals surface area contributed by atoms with Crippen molar-refractivity contribution >= 4 is 17.4 Å². The average Bonchev–Trinajstić information content (AvgIpc) is 2.47. The normalized spacial score (nSPS) is 15.1. The lowest BCUT2D eigenvalue weighted by molar-refractivity contribution is -0.137. The smallest absolute Gasteiger partial charge is 0.417 e. The minimum atomic E-state index is -4.54. The number of Topliss-reactive ketones (excluding diaryl/α,β-unsaturated/α-hetero) is 1. The van der Waals surface area contributed by atoms with Crippen LogP contribution in [0.25, 0.3) is 0 Å². The first-order valence-corrected chi connectivity index (χ1v) is 4.35. The minimum absolute atomic E-state index is 0.105. The molecule has 0 N–H and O–H groups in total. The third-order valence-corrected chi connectivity index (χ3v) is 2.43. The number of alkyl halides is 3. The lowest BCUT2D eigenvalue weighted by Crippen LogP contribution is -2.06. The zero-order valence-electron chi connectivity index (χ0n) is 7.19. The predicted molar refractivity (Wildman–Crippen MR) is 46.3 cm³/mol. The maximum Gasteiger partial charge on any atom is 0.417 e. The largest absolute Gasteiger partial charge is 0.483 e. The van der Waals surface area contributed by atoms with E-state index in [1.807, 2.05) is 0 Å². The van der Waals surface area contributed by atoms with E-state index in [9.17, 15) is 18.0 Å². The van der Waals surface area contributed by atoms with Gasteiger partial charge in [-0.3, -0.25) is 4.79 Å². The third kappa shape index (κ3) is 1.56. The van der Waals surface area contributed by atoms with Gasteiger partial charge in [0.1, 0.15) is 5.75 Å². The Labute approximate surface area is 87.6 Å². The van der Waals surface area contributed by atoms with E-state index in [4.69, 9.17) is 16.3 Å². The van der Waals surface area contributed by atoms with Crippen molar-refractivity contribution in [2.45, 2.75) is 6.18 Å². The summed E-state index contributed by atoms with van der Waals surface area (Å²) in [6.45, 7) is -0.254. The molecule has 6 heteroatoms. The number of halogens is 4. The summed E-state index contributed by atoms with van der Waals surface area (Å²) in [5.41, 5.74) is -0.884. The van der Waals surface area contributed by atoms with E-state index in [2.05, 4.69) is 0 Å². The first-order chi connectivity index (χ1) is 6.91. The second-order valence-corrected chi connectivity index (χ2v) is 3.39. The van der Waals surface area contributed by atoms with Gasteiger partial charge in [-0.1, -0.05) is 11.6 Å². The van der Waals surface area contributed by atoms with Crippen LogP contribution in [0.5, 0.6) is 5.75 Å². The summed E-state index contributed by atoms with van der Waals surface area (Å²) in [5.74, 6) is -0.530. The van der Waals surface area contributed by atoms with E-state index in [0.29, 0.717) is 0 Å². The van der Waals surface area contributed by atoms with E-state index in [-0.39, 0.29) is 23.7 Å². The van der Waals surface area contributed by atoms with Gasteiger partial charge in [0.15, 0.2) is 6.61 Å². The topological polar surface area (TPSA) is 26.3 Å². The fourth-order valence-electron chi connectivity index (χ4n) is 1.35. The molecule has 0 aliphatic carbocycles. The van der Waals surface area contributed by atoms with E-state index in [1.54, 1.807) is 0 Å². The number of ether oxygens (including phenoxy) is 1. The van der Waals surface area contributed by atoms with Gasteiger partial charge in [-0.2, -0.15) is 13.2 Å². The molecule has 1 aliphatic heterocycles. The SMILES string of the molecule is O=C1COc2c1ccc(C(F)(F)F)c2Cl. The molecule has 1 aliphatic rings. The summed E-state index contributed by atoms with van der Waals surface area (Å²) in [7, 11) is 0. The molecule has 0 radical (unpaired) electrons. The van der Waals surface area contributed by atoms with Crippen LogP contribution in [0.1, 0.15) is 15.9 Å². The first kappa shape index (κ1) is 10.3. The number of carbonyl (C=O) groups excluding carboxylic acids is 1. The number of ketones is 1. The molecule has 0 saturated heterocycles. The predicted octanol–water partition coefficient (Wildman–Crippen LogP) is 2.93. The molecule has 1 heterocycles. The number of carbonyl (C=O) groups is 1. The molecule has 80 valence electrons. The number of benzene rings is 1. The molecule has 0 bridgehead atoms. The van der Waals surface area contributed by atoms with Crippen molar-refractivity contribution in [2.75, 3.05) is 6.61 Å². The Morgan fingerprint density at radius 2 is 2.00 bits per heavy atom. The van der Waals surface area contributed by atoms with Crippen molar-refractivity contribution in [1.82, 2.24) is 0 Å². The van der Waals surface area contributed by atoms with Crippen LogP contribution in [0.2, 0.25) is 5.02 Å². The lowest BCUT2D eigenvalue weighted by Gasteiger charge is -2.10. The average molecular weight is 237 g/mol. The van der Waals surface area contributed by atoms with Crippen molar-refractivity contribution in [3.8, 4) is 5.75 Å². The van der Waals surface area contributed by atoms with Gasteiger partial charge in [-0.15, -0.1) is 0 Å². The van der Waals surface area contributed by atoms with Gasteiger partial charge in [0.05, 0.1) is 16.1 Å². The molecule has 1 aromatic carbocycles. The van der Waals surface area contributed by atoms with Gasteiger partial charge in [0.2, 0.25) is 5.78 Å². The molecule has 0 aromatic heterocycles. The van der Waals surface area contributed by atoms with Crippen LogP contribution in [-0.2, 0) is 6.18 Å². The molecule has 2 rings (SSSR count). The molecule has 0 fully saturated rings. The van der Waals surface area contributed by atoms with Gasteiger partial charge in [0, 0.05) is 0 Å². The quantitative estimate of drug-likeness (QED) is 0.692. The van der Waals surface area contributed by atoms with Crippen LogP contribution in [0.4, 0.5) is 13.2 Å². The Hall–Kier alpha value is -1.23. The molecule has 0 spiro atoms. The minimum Gasteiger partial charge on any atom is -0.483 e. The van der Waals surface area contributed by atoms with Gasteiger partial charge in [-0.05, 0) is 12.1 Å². The molecule has 2 nitrogen and oxygen atoms in total. The summed E-state index contributed by atoms with van der Waals surface area (Å²) >= 11 is 5.51. The molecule has 0 amide bonds.